The quantitative estimate of drug-likeness (QED) is 0.448. The zero-order valence-electron chi connectivity index (χ0n) is 17.7. The van der Waals surface area contributed by atoms with Crippen molar-refractivity contribution in [2.75, 3.05) is 7.11 Å². The van der Waals surface area contributed by atoms with E-state index in [9.17, 15) is 4.79 Å². The minimum Gasteiger partial charge on any atom is -0.469 e. The highest BCUT2D eigenvalue weighted by Crippen LogP contribution is 2.71. The lowest BCUT2D eigenvalue weighted by Crippen LogP contribution is -2.60. The molecule has 0 spiro atoms. The summed E-state index contributed by atoms with van der Waals surface area (Å²) in [6, 6.07) is 0. The molecule has 8 unspecified atom stereocenters. The van der Waals surface area contributed by atoms with Crippen LogP contribution in [0.15, 0.2) is 0 Å². The second-order valence-corrected chi connectivity index (χ2v) is 10.9. The van der Waals surface area contributed by atoms with Crippen molar-refractivity contribution in [3.63, 3.8) is 0 Å². The number of halogens is 2. The topological polar surface area (TPSA) is 26.3 Å². The second-order valence-electron chi connectivity index (χ2n) is 10.9. The predicted octanol–water partition coefficient (Wildman–Crippen LogP) is 5.80. The molecule has 28 heavy (non-hydrogen) atoms. The predicted molar refractivity (Wildman–Crippen MR) is 106 cm³/mol. The van der Waals surface area contributed by atoms with Gasteiger partial charge in [0.2, 0.25) is 0 Å². The average molecular weight is 392 g/mol. The van der Waals surface area contributed by atoms with Crippen LogP contribution in [0.25, 0.3) is 0 Å². The molecule has 2 nitrogen and oxygen atoms in total. The summed E-state index contributed by atoms with van der Waals surface area (Å²) in [5, 5.41) is 0. The first-order valence-corrected chi connectivity index (χ1v) is 11.3. The summed E-state index contributed by atoms with van der Waals surface area (Å²) in [5.74, 6) is -2.55. The molecule has 0 heterocycles. The van der Waals surface area contributed by atoms with Gasteiger partial charge in [-0.2, -0.15) is 0 Å². The normalized spacial score (nSPS) is 49.6. The Bertz CT molecular complexity index is 626. The van der Waals surface area contributed by atoms with Crippen molar-refractivity contribution in [3.05, 3.63) is 0 Å². The molecule has 0 N–H and O–H groups in total. The first-order valence-electron chi connectivity index (χ1n) is 11.3. The van der Waals surface area contributed by atoms with E-state index in [2.05, 4.69) is 13.8 Å². The van der Waals surface area contributed by atoms with Crippen LogP contribution in [-0.2, 0) is 9.53 Å². The van der Waals surface area contributed by atoms with Gasteiger partial charge in [-0.3, -0.25) is 4.79 Å². The zero-order valence-corrected chi connectivity index (χ0v) is 17.7. The van der Waals surface area contributed by atoms with Crippen molar-refractivity contribution in [1.82, 2.24) is 0 Å². The third-order valence-corrected chi connectivity index (χ3v) is 9.82. The Hall–Kier alpha value is -0.605. The van der Waals surface area contributed by atoms with Crippen molar-refractivity contribution in [3.8, 4) is 0 Å². The van der Waals surface area contributed by atoms with Crippen LogP contribution in [0.5, 0.6) is 0 Å². The molecule has 4 fully saturated rings. The van der Waals surface area contributed by atoms with Crippen LogP contribution in [0.4, 0.5) is 8.78 Å². The number of esters is 1. The minimum atomic E-state index is -2.59. The smallest absolute Gasteiger partial charge is 0.305 e. The van der Waals surface area contributed by atoms with E-state index in [0.717, 1.165) is 51.4 Å². The number of carbonyl (C=O) groups excluding carboxylic acids is 1. The molecule has 156 valence electrons. The van der Waals surface area contributed by atoms with Crippen molar-refractivity contribution in [1.29, 1.82) is 0 Å². The van der Waals surface area contributed by atoms with Gasteiger partial charge in [-0.15, -0.1) is 0 Å². The number of carbonyl (C=O) groups is 1. The fourth-order valence-corrected chi connectivity index (χ4v) is 8.17. The highest BCUT2D eigenvalue weighted by molar-refractivity contribution is 6.11. The summed E-state index contributed by atoms with van der Waals surface area (Å²) in [5.41, 5.74) is -0.0411. The Kier molecular flexibility index (Phi) is 5.15. The summed E-state index contributed by atoms with van der Waals surface area (Å²) in [6.45, 7) is 4.53. The van der Waals surface area contributed by atoms with Gasteiger partial charge in [0.15, 0.2) is 0 Å². The van der Waals surface area contributed by atoms with E-state index in [1.807, 2.05) is 0 Å². The lowest BCUT2D eigenvalue weighted by Gasteiger charge is -2.63. The molecular formula is C23H35BF2O2. The van der Waals surface area contributed by atoms with Crippen LogP contribution in [0.1, 0.15) is 78.1 Å². The second kappa shape index (κ2) is 6.98. The van der Waals surface area contributed by atoms with Crippen LogP contribution >= 0.6 is 0 Å². The van der Waals surface area contributed by atoms with E-state index in [4.69, 9.17) is 12.6 Å². The van der Waals surface area contributed by atoms with Crippen molar-refractivity contribution in [2.24, 2.45) is 40.4 Å². The van der Waals surface area contributed by atoms with Gasteiger partial charge >= 0.3 is 5.97 Å². The van der Waals surface area contributed by atoms with E-state index in [0.29, 0.717) is 12.3 Å². The number of rotatable bonds is 3. The first-order chi connectivity index (χ1) is 13.1. The molecule has 4 rings (SSSR count). The molecule has 0 aromatic heterocycles. The molecule has 0 aromatic rings. The molecule has 0 amide bonds. The standard InChI is InChI=1S/C23H35BF2O2/c1-21-11-9-18-20(17(21)6-4-14(21)5-7-19(27)28-3)23(25,26)13-15-12-16(24)8-10-22(15,18)2/h14-18,20H,4-13H2,1-3H3. The monoisotopic (exact) mass is 392 g/mol. The first kappa shape index (κ1) is 20.7. The summed E-state index contributed by atoms with van der Waals surface area (Å²) in [6.07, 6.45) is 7.75. The Morgan fingerprint density at radius 3 is 2.46 bits per heavy atom. The fraction of sp³-hybridized carbons (Fsp3) is 0.957. The number of ether oxygens (including phenoxy) is 1. The SMILES string of the molecule is [B]C1CCC2(C)C(C1)CC(F)(F)C1C3CCC(CCC(=O)OC)C3(C)CCC12. The largest absolute Gasteiger partial charge is 0.469 e. The Labute approximate surface area is 170 Å². The number of alkyl halides is 2. The molecule has 0 saturated heterocycles. The van der Waals surface area contributed by atoms with E-state index < -0.39 is 11.8 Å². The Balaban J connectivity index is 1.59. The lowest BCUT2D eigenvalue weighted by atomic mass is 9.42. The number of hydrogen-bond acceptors (Lipinski definition) is 2. The number of fused-ring (bicyclic) bond motifs is 5. The van der Waals surface area contributed by atoms with Gasteiger partial charge < -0.3 is 4.74 Å². The third kappa shape index (κ3) is 3.05. The van der Waals surface area contributed by atoms with Gasteiger partial charge in [0.25, 0.3) is 5.92 Å². The molecule has 5 heteroatoms. The zero-order chi connectivity index (χ0) is 20.3. The number of methoxy groups -OCH3 is 1. The van der Waals surface area contributed by atoms with E-state index >= 15 is 8.78 Å². The number of hydrogen-bond donors (Lipinski definition) is 0. The highest BCUT2D eigenvalue weighted by Gasteiger charge is 2.67. The van der Waals surface area contributed by atoms with Gasteiger partial charge in [0, 0.05) is 18.8 Å². The highest BCUT2D eigenvalue weighted by atomic mass is 19.3. The molecular weight excluding hydrogens is 357 g/mol. The summed E-state index contributed by atoms with van der Waals surface area (Å²) < 4.78 is 36.0. The molecule has 8 atom stereocenters. The lowest BCUT2D eigenvalue weighted by molar-refractivity contribution is -0.231. The van der Waals surface area contributed by atoms with Crippen LogP contribution in [-0.4, -0.2) is 26.8 Å². The van der Waals surface area contributed by atoms with Gasteiger partial charge in [0.1, 0.15) is 0 Å². The summed E-state index contributed by atoms with van der Waals surface area (Å²) in [7, 11) is 7.59. The average Bonchev–Trinajstić information content (AvgIpc) is 2.97. The molecule has 4 aliphatic carbocycles. The van der Waals surface area contributed by atoms with E-state index in [1.54, 1.807) is 0 Å². The summed E-state index contributed by atoms with van der Waals surface area (Å²) >= 11 is 0. The molecule has 2 radical (unpaired) electrons. The minimum absolute atomic E-state index is 0.0215. The fourth-order valence-electron chi connectivity index (χ4n) is 8.17. The maximum Gasteiger partial charge on any atom is 0.305 e. The van der Waals surface area contributed by atoms with Crippen LogP contribution in [0.3, 0.4) is 0 Å². The van der Waals surface area contributed by atoms with Crippen molar-refractivity contribution < 1.29 is 18.3 Å². The maximum absolute atomic E-state index is 15.6. The van der Waals surface area contributed by atoms with E-state index in [1.165, 1.54) is 7.11 Å². The van der Waals surface area contributed by atoms with Gasteiger partial charge in [-0.05, 0) is 73.0 Å². The van der Waals surface area contributed by atoms with Gasteiger partial charge in [0.05, 0.1) is 15.0 Å². The molecule has 4 saturated carbocycles. The van der Waals surface area contributed by atoms with E-state index in [-0.39, 0.29) is 46.8 Å². The molecule has 0 aliphatic heterocycles. The molecule has 4 aliphatic rings. The van der Waals surface area contributed by atoms with Crippen LogP contribution in [0, 0.1) is 40.4 Å². The van der Waals surface area contributed by atoms with Gasteiger partial charge in [-0.1, -0.05) is 32.5 Å². The third-order valence-electron chi connectivity index (χ3n) is 9.82. The Morgan fingerprint density at radius 1 is 1.07 bits per heavy atom. The van der Waals surface area contributed by atoms with Crippen LogP contribution < -0.4 is 0 Å². The van der Waals surface area contributed by atoms with Crippen molar-refractivity contribution in [2.45, 2.75) is 89.8 Å². The summed E-state index contributed by atoms with van der Waals surface area (Å²) in [4.78, 5) is 11.6. The van der Waals surface area contributed by atoms with Crippen molar-refractivity contribution >= 4 is 13.8 Å². The molecule has 0 aromatic carbocycles. The Morgan fingerprint density at radius 2 is 1.75 bits per heavy atom. The maximum atomic E-state index is 15.6. The van der Waals surface area contributed by atoms with Gasteiger partial charge in [-0.25, -0.2) is 8.78 Å². The molecule has 0 bridgehead atoms. The van der Waals surface area contributed by atoms with Crippen LogP contribution in [0.2, 0.25) is 5.82 Å².